The first-order valence-electron chi connectivity index (χ1n) is 10.5. The van der Waals surface area contributed by atoms with Gasteiger partial charge in [-0.25, -0.2) is 9.78 Å². The molecule has 0 unspecified atom stereocenters. The molecule has 4 rings (SSSR count). The first-order chi connectivity index (χ1) is 14.3. The molecule has 156 valence electrons. The third-order valence-corrected chi connectivity index (χ3v) is 6.39. The smallest absolute Gasteiger partial charge is 0.336 e. The zero-order valence-corrected chi connectivity index (χ0v) is 19.0. The van der Waals surface area contributed by atoms with Crippen LogP contribution in [0.5, 0.6) is 0 Å². The Kier molecular flexibility index (Phi) is 5.74. The molecule has 0 aliphatic carbocycles. The summed E-state index contributed by atoms with van der Waals surface area (Å²) in [5, 5.41) is 2.01. The highest BCUT2D eigenvalue weighted by Gasteiger charge is 2.15. The summed E-state index contributed by atoms with van der Waals surface area (Å²) in [4.78, 5) is 17.1. The number of hydrogen-bond donors (Lipinski definition) is 0. The predicted molar refractivity (Wildman–Crippen MR) is 125 cm³/mol. The quantitative estimate of drug-likeness (QED) is 0.263. The third-order valence-electron chi connectivity index (χ3n) is 5.36. The minimum atomic E-state index is -0.300. The Morgan fingerprint density at radius 1 is 1.10 bits per heavy atom. The molecule has 0 aliphatic rings. The standard InChI is InChI=1S/C25H28N2O2S/c1-15(2)13-27-22-9-7-6-8-21(22)26-25(27)30-14-18-11-24(28)29-23-10-17(5)19(16(3)4)12-20(18)23/h6-12,15-16H,13-14H2,1-5H3. The summed E-state index contributed by atoms with van der Waals surface area (Å²) in [5.41, 5.74) is 5.97. The van der Waals surface area contributed by atoms with Gasteiger partial charge in [-0.15, -0.1) is 0 Å². The Hall–Kier alpha value is -2.53. The summed E-state index contributed by atoms with van der Waals surface area (Å²) in [6.07, 6.45) is 0. The number of thioether (sulfide) groups is 1. The van der Waals surface area contributed by atoms with Gasteiger partial charge in [-0.3, -0.25) is 0 Å². The lowest BCUT2D eigenvalue weighted by molar-refractivity contribution is 0.505. The zero-order valence-electron chi connectivity index (χ0n) is 18.2. The topological polar surface area (TPSA) is 48.0 Å². The molecule has 0 fully saturated rings. The molecule has 0 N–H and O–H groups in total. The van der Waals surface area contributed by atoms with E-state index >= 15 is 0 Å². The van der Waals surface area contributed by atoms with Gasteiger partial charge in [0, 0.05) is 23.8 Å². The van der Waals surface area contributed by atoms with Crippen LogP contribution in [0.15, 0.2) is 56.8 Å². The minimum absolute atomic E-state index is 0.300. The van der Waals surface area contributed by atoms with E-state index < -0.39 is 0 Å². The molecule has 0 aliphatic heterocycles. The van der Waals surface area contributed by atoms with Crippen LogP contribution in [0, 0.1) is 12.8 Å². The van der Waals surface area contributed by atoms with E-state index in [0.29, 0.717) is 23.2 Å². The molecule has 0 bridgehead atoms. The fourth-order valence-corrected chi connectivity index (χ4v) is 5.00. The van der Waals surface area contributed by atoms with Gasteiger partial charge < -0.3 is 8.98 Å². The molecule has 0 saturated carbocycles. The number of rotatable bonds is 6. The lowest BCUT2D eigenvalue weighted by Gasteiger charge is -2.14. The molecule has 2 heterocycles. The maximum absolute atomic E-state index is 12.2. The van der Waals surface area contributed by atoms with Crippen molar-refractivity contribution in [1.82, 2.24) is 9.55 Å². The Morgan fingerprint density at radius 3 is 2.60 bits per heavy atom. The van der Waals surface area contributed by atoms with E-state index in [-0.39, 0.29) is 5.63 Å². The summed E-state index contributed by atoms with van der Waals surface area (Å²) < 4.78 is 7.80. The molecular weight excluding hydrogens is 392 g/mol. The molecule has 4 aromatic rings. The summed E-state index contributed by atoms with van der Waals surface area (Å²) in [7, 11) is 0. The first kappa shape index (κ1) is 20.7. The highest BCUT2D eigenvalue weighted by Crippen LogP contribution is 2.32. The van der Waals surface area contributed by atoms with Gasteiger partial charge in [0.2, 0.25) is 0 Å². The number of aryl methyl sites for hydroxylation is 1. The summed E-state index contributed by atoms with van der Waals surface area (Å²) >= 11 is 1.68. The Morgan fingerprint density at radius 2 is 1.87 bits per heavy atom. The normalized spacial score (nSPS) is 12.0. The Bertz CT molecular complexity index is 1270. The van der Waals surface area contributed by atoms with E-state index in [4.69, 9.17) is 9.40 Å². The molecule has 2 aromatic carbocycles. The van der Waals surface area contributed by atoms with Crippen LogP contribution < -0.4 is 5.63 Å². The summed E-state index contributed by atoms with van der Waals surface area (Å²) in [5.74, 6) is 1.60. The highest BCUT2D eigenvalue weighted by atomic mass is 32.2. The largest absolute Gasteiger partial charge is 0.423 e. The predicted octanol–water partition coefficient (Wildman–Crippen LogP) is 6.52. The molecule has 30 heavy (non-hydrogen) atoms. The van der Waals surface area contributed by atoms with Crippen LogP contribution in [0.2, 0.25) is 0 Å². The molecule has 5 heteroatoms. The number of aromatic nitrogens is 2. The molecule has 0 atom stereocenters. The van der Waals surface area contributed by atoms with Crippen LogP contribution in [-0.4, -0.2) is 9.55 Å². The molecule has 2 aromatic heterocycles. The number of para-hydroxylation sites is 2. The van der Waals surface area contributed by atoms with E-state index in [0.717, 1.165) is 39.2 Å². The molecular formula is C25H28N2O2S. The van der Waals surface area contributed by atoms with Crippen molar-refractivity contribution in [3.8, 4) is 0 Å². The third kappa shape index (κ3) is 4.04. The number of benzene rings is 2. The van der Waals surface area contributed by atoms with Crippen molar-refractivity contribution >= 4 is 33.8 Å². The van der Waals surface area contributed by atoms with Crippen molar-refractivity contribution in [2.45, 2.75) is 58.0 Å². The fourth-order valence-electron chi connectivity index (χ4n) is 3.98. The van der Waals surface area contributed by atoms with Crippen LogP contribution >= 0.6 is 11.8 Å². The SMILES string of the molecule is Cc1cc2oc(=O)cc(CSc3nc4ccccc4n3CC(C)C)c2cc1C(C)C. The lowest BCUT2D eigenvalue weighted by atomic mass is 9.95. The lowest BCUT2D eigenvalue weighted by Crippen LogP contribution is -2.06. The number of imidazole rings is 1. The zero-order chi connectivity index (χ0) is 21.4. The van der Waals surface area contributed by atoms with Crippen LogP contribution in [0.3, 0.4) is 0 Å². The van der Waals surface area contributed by atoms with Crippen LogP contribution in [0.4, 0.5) is 0 Å². The molecule has 0 saturated heterocycles. The van der Waals surface area contributed by atoms with Gasteiger partial charge in [0.25, 0.3) is 0 Å². The fraction of sp³-hybridized carbons (Fsp3) is 0.360. The van der Waals surface area contributed by atoms with Crippen LogP contribution in [-0.2, 0) is 12.3 Å². The van der Waals surface area contributed by atoms with Crippen LogP contribution in [0.25, 0.3) is 22.0 Å². The summed E-state index contributed by atoms with van der Waals surface area (Å²) in [6, 6.07) is 14.1. The van der Waals surface area contributed by atoms with E-state index in [2.05, 4.69) is 63.5 Å². The Balaban J connectivity index is 1.75. The average molecular weight is 421 g/mol. The van der Waals surface area contributed by atoms with Gasteiger partial charge >= 0.3 is 5.63 Å². The van der Waals surface area contributed by atoms with Crippen molar-refractivity contribution in [2.24, 2.45) is 5.92 Å². The van der Waals surface area contributed by atoms with E-state index in [1.165, 1.54) is 5.56 Å². The average Bonchev–Trinajstić information content (AvgIpc) is 3.02. The van der Waals surface area contributed by atoms with Gasteiger partial charge in [-0.05, 0) is 59.7 Å². The second kappa shape index (κ2) is 8.31. The number of hydrogen-bond acceptors (Lipinski definition) is 4. The minimum Gasteiger partial charge on any atom is -0.423 e. The second-order valence-electron chi connectivity index (χ2n) is 8.63. The summed E-state index contributed by atoms with van der Waals surface area (Å²) in [6.45, 7) is 11.8. The maximum Gasteiger partial charge on any atom is 0.336 e. The van der Waals surface area contributed by atoms with Crippen LogP contribution in [0.1, 0.15) is 50.3 Å². The van der Waals surface area contributed by atoms with Crippen molar-refractivity contribution in [3.63, 3.8) is 0 Å². The molecule has 0 radical (unpaired) electrons. The number of fused-ring (bicyclic) bond motifs is 2. The number of nitrogens with zero attached hydrogens (tertiary/aromatic N) is 2. The van der Waals surface area contributed by atoms with Crippen molar-refractivity contribution in [3.05, 3.63) is 69.6 Å². The van der Waals surface area contributed by atoms with Gasteiger partial charge in [0.15, 0.2) is 5.16 Å². The van der Waals surface area contributed by atoms with E-state index in [1.807, 2.05) is 12.1 Å². The van der Waals surface area contributed by atoms with Gasteiger partial charge in [-0.1, -0.05) is 51.6 Å². The second-order valence-corrected chi connectivity index (χ2v) is 9.57. The van der Waals surface area contributed by atoms with Gasteiger partial charge in [-0.2, -0.15) is 0 Å². The van der Waals surface area contributed by atoms with Crippen molar-refractivity contribution in [2.75, 3.05) is 0 Å². The molecule has 4 nitrogen and oxygen atoms in total. The first-order valence-corrected chi connectivity index (χ1v) is 11.5. The maximum atomic E-state index is 12.2. The van der Waals surface area contributed by atoms with Crippen molar-refractivity contribution < 1.29 is 4.42 Å². The van der Waals surface area contributed by atoms with E-state index in [1.54, 1.807) is 17.8 Å². The van der Waals surface area contributed by atoms with Gasteiger partial charge in [0.05, 0.1) is 11.0 Å². The van der Waals surface area contributed by atoms with E-state index in [9.17, 15) is 4.79 Å². The van der Waals surface area contributed by atoms with Crippen molar-refractivity contribution in [1.29, 1.82) is 0 Å². The monoisotopic (exact) mass is 420 g/mol. The molecule has 0 amide bonds. The highest BCUT2D eigenvalue weighted by molar-refractivity contribution is 7.98. The molecule has 0 spiro atoms. The Labute approximate surface area is 181 Å². The van der Waals surface area contributed by atoms with Gasteiger partial charge in [0.1, 0.15) is 5.58 Å².